The average Bonchev–Trinajstić information content (AvgIpc) is 3.65. The molecule has 5 heterocycles. The fraction of sp³-hybridized carbons (Fsp3) is 0.455. The van der Waals surface area contributed by atoms with Gasteiger partial charge < -0.3 is 15.1 Å². The molecule has 1 aliphatic carbocycles. The number of aromatic nitrogens is 2. The van der Waals surface area contributed by atoms with E-state index in [0.29, 0.717) is 19.3 Å². The molecule has 7 nitrogen and oxygen atoms in total. The molecule has 40 heavy (non-hydrogen) atoms. The van der Waals surface area contributed by atoms with Crippen LogP contribution in [0.3, 0.4) is 0 Å². The molecule has 2 aromatic heterocycles. The van der Waals surface area contributed by atoms with Crippen molar-refractivity contribution in [1.29, 1.82) is 0 Å². The summed E-state index contributed by atoms with van der Waals surface area (Å²) in [7, 11) is 0. The van der Waals surface area contributed by atoms with Crippen LogP contribution in [0.15, 0.2) is 33.4 Å². The van der Waals surface area contributed by atoms with Crippen LogP contribution in [0.25, 0.3) is 12.2 Å². The molecule has 0 aromatic carbocycles. The number of ketones is 1. The predicted octanol–water partition coefficient (Wildman–Crippen LogP) is 6.53. The van der Waals surface area contributed by atoms with E-state index in [1.807, 2.05) is 13.0 Å². The molecule has 4 atom stereocenters. The van der Waals surface area contributed by atoms with E-state index in [1.165, 1.54) is 11.1 Å². The molecule has 8 bridgehead atoms. The van der Waals surface area contributed by atoms with Crippen molar-refractivity contribution in [3.63, 3.8) is 0 Å². The second-order valence-electron chi connectivity index (χ2n) is 11.9. The molecule has 3 unspecified atom stereocenters. The summed E-state index contributed by atoms with van der Waals surface area (Å²) in [6.07, 6.45) is 7.32. The van der Waals surface area contributed by atoms with Gasteiger partial charge in [0.05, 0.1) is 6.04 Å². The highest BCUT2D eigenvalue weighted by atomic mass is 16.4. The molecule has 3 aliphatic heterocycles. The minimum absolute atomic E-state index is 0.0388. The number of aromatic amines is 2. The van der Waals surface area contributed by atoms with Crippen LogP contribution in [0.1, 0.15) is 102 Å². The number of carbonyl (C=O) groups is 2. The number of allylic oxidation sites excluding steroid dienone is 2. The first kappa shape index (κ1) is 26.5. The van der Waals surface area contributed by atoms with E-state index in [2.05, 4.69) is 50.3 Å². The number of carboxylic acid groups (broad SMARTS) is 1. The lowest BCUT2D eigenvalue weighted by atomic mass is 9.81. The molecule has 0 saturated carbocycles. The van der Waals surface area contributed by atoms with Gasteiger partial charge >= 0.3 is 5.97 Å². The van der Waals surface area contributed by atoms with Crippen molar-refractivity contribution in [2.75, 3.05) is 0 Å². The van der Waals surface area contributed by atoms with Gasteiger partial charge in [-0.3, -0.25) is 19.6 Å². The normalized spacial score (nSPS) is 25.3. The van der Waals surface area contributed by atoms with E-state index in [4.69, 9.17) is 9.98 Å². The first-order valence-electron chi connectivity index (χ1n) is 14.5. The zero-order valence-corrected chi connectivity index (χ0v) is 24.1. The highest BCUT2D eigenvalue weighted by Gasteiger charge is 2.44. The fourth-order valence-corrected chi connectivity index (χ4v) is 7.50. The lowest BCUT2D eigenvalue weighted by molar-refractivity contribution is -0.137. The molecule has 0 amide bonds. The summed E-state index contributed by atoms with van der Waals surface area (Å²) < 4.78 is 0. The highest BCUT2D eigenvalue weighted by Crippen LogP contribution is 2.46. The molecule has 7 heteroatoms. The molecule has 0 fully saturated rings. The lowest BCUT2D eigenvalue weighted by Crippen LogP contribution is -2.23. The molecule has 4 aliphatic rings. The number of carbonyl (C=O) groups excluding carboxylic acids is 1. The number of Topliss-reactive ketones (excluding diaryl/α,β-unsaturated/α-hetero) is 1. The first-order chi connectivity index (χ1) is 19.1. The molecule has 2 aromatic rings. The standard InChI is InChI=1S/C33H38N4O3/c1-7-19-15(3)23-12-25-17(5)21(9-10-30(39)40)32(36-25)22-11-29(38)31-18(6)26(37-33(22)31)14-28-20(8-2)16(4)24(35-28)13-27(19)34-23/h7,12,17,21-22,24,34,37H,1,8-11,13-14H2,2-6H3,(H,39,40)/t17?,21-,22?,24?/m0/s1. The molecular formula is C33H38N4O3. The number of rotatable bonds is 5. The SMILES string of the molecule is C=Cc1c2[nH]c(c1C)C=C1N=C(C3CC(=O)c4c3[nH]c(c4C)CC3=NC(C2)C(C)=C3CC)[C@@H](CCC(=O)O)C1C. The predicted molar refractivity (Wildman–Crippen MR) is 159 cm³/mol. The number of carboxylic acids is 1. The Bertz CT molecular complexity index is 1590. The largest absolute Gasteiger partial charge is 0.481 e. The maximum absolute atomic E-state index is 13.4. The highest BCUT2D eigenvalue weighted by molar-refractivity contribution is 6.11. The summed E-state index contributed by atoms with van der Waals surface area (Å²) in [5.74, 6) is -0.841. The van der Waals surface area contributed by atoms with Crippen LogP contribution in [0.5, 0.6) is 0 Å². The Labute approximate surface area is 235 Å². The minimum Gasteiger partial charge on any atom is -0.481 e. The van der Waals surface area contributed by atoms with Gasteiger partial charge in [0.1, 0.15) is 0 Å². The zero-order valence-electron chi connectivity index (χ0n) is 24.1. The van der Waals surface area contributed by atoms with Gasteiger partial charge in [0.25, 0.3) is 0 Å². The van der Waals surface area contributed by atoms with E-state index in [1.54, 1.807) is 0 Å². The third kappa shape index (κ3) is 4.01. The summed E-state index contributed by atoms with van der Waals surface area (Å²) >= 11 is 0. The number of H-pyrrole nitrogens is 2. The van der Waals surface area contributed by atoms with Crippen molar-refractivity contribution in [2.24, 2.45) is 21.8 Å². The summed E-state index contributed by atoms with van der Waals surface area (Å²) in [6, 6.07) is 0.0574. The van der Waals surface area contributed by atoms with Gasteiger partial charge in [-0.05, 0) is 67.5 Å². The van der Waals surface area contributed by atoms with Crippen molar-refractivity contribution < 1.29 is 14.7 Å². The molecule has 3 N–H and O–H groups in total. The van der Waals surface area contributed by atoms with Crippen molar-refractivity contribution in [3.05, 3.63) is 68.5 Å². The maximum atomic E-state index is 13.4. The van der Waals surface area contributed by atoms with E-state index in [9.17, 15) is 14.7 Å². The second kappa shape index (κ2) is 9.72. The van der Waals surface area contributed by atoms with E-state index < -0.39 is 5.97 Å². The van der Waals surface area contributed by atoms with Crippen molar-refractivity contribution in [2.45, 2.75) is 85.1 Å². The van der Waals surface area contributed by atoms with E-state index in [-0.39, 0.29) is 36.0 Å². The molecule has 0 spiro atoms. The Kier molecular flexibility index (Phi) is 6.43. The number of aliphatic imine (C=N–C) groups is 2. The summed E-state index contributed by atoms with van der Waals surface area (Å²) in [4.78, 5) is 42.8. The van der Waals surface area contributed by atoms with Crippen molar-refractivity contribution in [1.82, 2.24) is 9.97 Å². The summed E-state index contributed by atoms with van der Waals surface area (Å²) in [5.41, 5.74) is 13.7. The molecular weight excluding hydrogens is 500 g/mol. The van der Waals surface area contributed by atoms with Crippen LogP contribution in [-0.2, 0) is 17.6 Å². The third-order valence-corrected chi connectivity index (χ3v) is 9.78. The van der Waals surface area contributed by atoms with Gasteiger partial charge in [0, 0.05) is 88.9 Å². The van der Waals surface area contributed by atoms with Gasteiger partial charge in [-0.2, -0.15) is 0 Å². The Morgan fingerprint density at radius 1 is 1.18 bits per heavy atom. The summed E-state index contributed by atoms with van der Waals surface area (Å²) in [6.45, 7) is 14.8. The summed E-state index contributed by atoms with van der Waals surface area (Å²) in [5, 5.41) is 9.51. The quantitative estimate of drug-likeness (QED) is 0.402. The number of hydrogen-bond acceptors (Lipinski definition) is 4. The minimum atomic E-state index is -0.810. The Morgan fingerprint density at radius 3 is 2.65 bits per heavy atom. The Balaban J connectivity index is 1.56. The van der Waals surface area contributed by atoms with Crippen LogP contribution in [0.4, 0.5) is 0 Å². The third-order valence-electron chi connectivity index (χ3n) is 9.78. The van der Waals surface area contributed by atoms with Gasteiger partial charge in [0.15, 0.2) is 5.78 Å². The van der Waals surface area contributed by atoms with Gasteiger partial charge in [0.2, 0.25) is 0 Å². The van der Waals surface area contributed by atoms with Crippen molar-refractivity contribution >= 4 is 35.3 Å². The van der Waals surface area contributed by atoms with E-state index in [0.717, 1.165) is 75.0 Å². The van der Waals surface area contributed by atoms with Gasteiger partial charge in [-0.15, -0.1) is 0 Å². The Morgan fingerprint density at radius 2 is 1.95 bits per heavy atom. The molecule has 6 rings (SSSR count). The zero-order chi connectivity index (χ0) is 28.5. The number of nitrogens with zero attached hydrogens (tertiary/aromatic N) is 2. The number of nitrogens with one attached hydrogen (secondary N) is 2. The van der Waals surface area contributed by atoms with Crippen LogP contribution < -0.4 is 0 Å². The van der Waals surface area contributed by atoms with Crippen LogP contribution in [0, 0.1) is 25.7 Å². The number of hydrogen-bond donors (Lipinski definition) is 3. The average molecular weight is 539 g/mol. The fourth-order valence-electron chi connectivity index (χ4n) is 7.50. The topological polar surface area (TPSA) is 111 Å². The van der Waals surface area contributed by atoms with Gasteiger partial charge in [-0.25, -0.2) is 0 Å². The van der Waals surface area contributed by atoms with Crippen molar-refractivity contribution in [3.8, 4) is 0 Å². The smallest absolute Gasteiger partial charge is 0.303 e. The van der Waals surface area contributed by atoms with Gasteiger partial charge in [-0.1, -0.05) is 26.5 Å². The van der Waals surface area contributed by atoms with Crippen LogP contribution in [0.2, 0.25) is 0 Å². The second-order valence-corrected chi connectivity index (χ2v) is 11.9. The molecule has 0 saturated heterocycles. The molecule has 208 valence electrons. The maximum Gasteiger partial charge on any atom is 0.303 e. The number of fused-ring (bicyclic) bond motifs is 6. The lowest BCUT2D eigenvalue weighted by Gasteiger charge is -2.21. The van der Waals surface area contributed by atoms with E-state index >= 15 is 0 Å². The monoisotopic (exact) mass is 538 g/mol. The first-order valence-corrected chi connectivity index (χ1v) is 14.5. The number of aliphatic carboxylic acids is 1. The molecule has 0 radical (unpaired) electrons. The van der Waals surface area contributed by atoms with Crippen LogP contribution in [-0.4, -0.2) is 44.3 Å². The Hall–Kier alpha value is -3.74. The van der Waals surface area contributed by atoms with Crippen LogP contribution >= 0.6 is 0 Å².